The van der Waals surface area contributed by atoms with Crippen LogP contribution in [0.15, 0.2) is 41.2 Å². The fourth-order valence-corrected chi connectivity index (χ4v) is 6.25. The van der Waals surface area contributed by atoms with Crippen LogP contribution in [0.2, 0.25) is 0 Å². The first-order chi connectivity index (χ1) is 8.77. The molecule has 19 heavy (non-hydrogen) atoms. The summed E-state index contributed by atoms with van der Waals surface area (Å²) in [5.74, 6) is 1.38. The molecule has 0 aliphatic heterocycles. The molecule has 104 valence electrons. The van der Waals surface area contributed by atoms with Crippen molar-refractivity contribution >= 4 is 0 Å². The van der Waals surface area contributed by atoms with Crippen LogP contribution in [0.1, 0.15) is 58.2 Å². The molecule has 0 amide bonds. The second kappa shape index (κ2) is 5.22. The molecule has 2 rings (SSSR count). The molecule has 0 bridgehead atoms. The average Bonchev–Trinajstić information content (AvgIpc) is 2.68. The minimum atomic E-state index is -0.132. The summed E-state index contributed by atoms with van der Waals surface area (Å²) in [6.07, 6.45) is 0. The van der Waals surface area contributed by atoms with Gasteiger partial charge in [-0.2, -0.15) is 0 Å². The zero-order valence-corrected chi connectivity index (χ0v) is 15.2. The standard InChI is InChI=1S/2C9H13.Ti.2H/c2*1-6-5-7(2)9(4)8(6)3;;;/h2*6H,1-4H3;;;/q;;+2;2*-1. The van der Waals surface area contributed by atoms with Gasteiger partial charge >= 0.3 is 128 Å². The molecule has 2 aliphatic carbocycles. The molecule has 0 aromatic heterocycles. The molecule has 0 N–H and O–H groups in total. The maximum atomic E-state index is 2.40. The maximum absolute atomic E-state index is 2.40. The Morgan fingerprint density at radius 2 is 0.947 bits per heavy atom. The van der Waals surface area contributed by atoms with Crippen LogP contribution in [0.5, 0.6) is 0 Å². The first kappa shape index (κ1) is 15.1. The molecule has 2 atom stereocenters. The van der Waals surface area contributed by atoms with Crippen LogP contribution in [0.3, 0.4) is 0 Å². The van der Waals surface area contributed by atoms with E-state index in [0.29, 0.717) is 11.8 Å². The maximum Gasteiger partial charge on any atom is -1.00 e. The van der Waals surface area contributed by atoms with Gasteiger partial charge in [0.15, 0.2) is 0 Å². The molecule has 1 heteroatoms. The summed E-state index contributed by atoms with van der Waals surface area (Å²) in [4.78, 5) is 0. The Kier molecular flexibility index (Phi) is 4.14. The molecule has 0 spiro atoms. The van der Waals surface area contributed by atoms with Gasteiger partial charge in [0, 0.05) is 0 Å². The van der Waals surface area contributed by atoms with Gasteiger partial charge in [0.1, 0.15) is 0 Å². The Morgan fingerprint density at radius 1 is 0.632 bits per heavy atom. The number of rotatable bonds is 2. The minimum Gasteiger partial charge on any atom is -1.00 e. The largest absolute Gasteiger partial charge is 1.00 e. The fraction of sp³-hybridized carbons (Fsp3) is 0.556. The minimum absolute atomic E-state index is 0. The van der Waals surface area contributed by atoms with Crippen LogP contribution < -0.4 is 0 Å². The van der Waals surface area contributed by atoms with Crippen molar-refractivity contribution in [2.75, 3.05) is 0 Å². The quantitative estimate of drug-likeness (QED) is 0.563. The smallest absolute Gasteiger partial charge is 1.00 e. The van der Waals surface area contributed by atoms with E-state index in [1.165, 1.54) is 0 Å². The van der Waals surface area contributed by atoms with Crippen LogP contribution in [0.4, 0.5) is 0 Å². The van der Waals surface area contributed by atoms with Crippen molar-refractivity contribution in [3.63, 3.8) is 0 Å². The van der Waals surface area contributed by atoms with Gasteiger partial charge in [0.05, 0.1) is 0 Å². The molecule has 2 unspecified atom stereocenters. The Morgan fingerprint density at radius 3 is 1.16 bits per heavy atom. The van der Waals surface area contributed by atoms with E-state index in [4.69, 9.17) is 0 Å². The van der Waals surface area contributed by atoms with Crippen molar-refractivity contribution in [2.45, 2.75) is 55.4 Å². The second-order valence-electron chi connectivity index (χ2n) is 6.26. The normalized spacial score (nSPS) is 28.0. The van der Waals surface area contributed by atoms with Gasteiger partial charge < -0.3 is 2.85 Å². The molecule has 0 saturated heterocycles. The number of hydrogen-bond donors (Lipinski definition) is 0. The van der Waals surface area contributed by atoms with E-state index in [1.54, 1.807) is 41.2 Å². The van der Waals surface area contributed by atoms with Gasteiger partial charge in [-0.3, -0.25) is 0 Å². The Hall–Kier alpha value is -0.326. The molecule has 0 fully saturated rings. The Bertz CT molecular complexity index is 512. The third kappa shape index (κ3) is 2.28. The number of allylic oxidation sites excluding steroid dienone is 8. The van der Waals surface area contributed by atoms with Gasteiger partial charge in [-0.25, -0.2) is 0 Å². The third-order valence-corrected chi connectivity index (χ3v) is 8.92. The van der Waals surface area contributed by atoms with Crippen molar-refractivity contribution in [3.05, 3.63) is 41.2 Å². The molecule has 0 saturated carbocycles. The van der Waals surface area contributed by atoms with E-state index in [2.05, 4.69) is 55.4 Å². The zero-order valence-electron chi connectivity index (χ0n) is 15.7. The van der Waals surface area contributed by atoms with E-state index >= 15 is 0 Å². The Balaban J connectivity index is 0.00000200. The molecule has 0 aromatic carbocycles. The van der Waals surface area contributed by atoms with Crippen molar-refractivity contribution in [2.24, 2.45) is 11.8 Å². The summed E-state index contributed by atoms with van der Waals surface area (Å²) < 4.78 is 3.55. The molecular formula is C18H28Ti. The van der Waals surface area contributed by atoms with E-state index in [1.807, 2.05) is 0 Å². The molecule has 0 aromatic rings. The monoisotopic (exact) mass is 292 g/mol. The fourth-order valence-electron chi connectivity index (χ4n) is 3.28. The van der Waals surface area contributed by atoms with Gasteiger partial charge in [0.2, 0.25) is 0 Å². The second-order valence-corrected chi connectivity index (χ2v) is 8.33. The topological polar surface area (TPSA) is 0 Å². The summed E-state index contributed by atoms with van der Waals surface area (Å²) >= 11 is -0.132. The summed E-state index contributed by atoms with van der Waals surface area (Å²) in [6.45, 7) is 18.7. The first-order valence-electron chi connectivity index (χ1n) is 7.31. The first-order valence-corrected chi connectivity index (χ1v) is 8.87. The van der Waals surface area contributed by atoms with Gasteiger partial charge in [-0.1, -0.05) is 0 Å². The van der Waals surface area contributed by atoms with Crippen molar-refractivity contribution < 1.29 is 22.0 Å². The van der Waals surface area contributed by atoms with Crippen LogP contribution in [-0.2, 0) is 19.2 Å². The predicted molar refractivity (Wildman–Crippen MR) is 82.7 cm³/mol. The van der Waals surface area contributed by atoms with Gasteiger partial charge in [-0.15, -0.1) is 0 Å². The van der Waals surface area contributed by atoms with Crippen LogP contribution in [-0.4, -0.2) is 0 Å². The summed E-state index contributed by atoms with van der Waals surface area (Å²) in [5.41, 5.74) is 9.50. The van der Waals surface area contributed by atoms with Crippen LogP contribution in [0, 0.1) is 11.8 Å². The molecule has 2 aliphatic rings. The van der Waals surface area contributed by atoms with E-state index < -0.39 is 0 Å². The number of hydrogen-bond acceptors (Lipinski definition) is 0. The van der Waals surface area contributed by atoms with E-state index in [0.717, 1.165) is 0 Å². The molecule has 0 radical (unpaired) electrons. The van der Waals surface area contributed by atoms with Crippen molar-refractivity contribution in [3.8, 4) is 0 Å². The van der Waals surface area contributed by atoms with Crippen molar-refractivity contribution in [1.29, 1.82) is 0 Å². The SMILES string of the molecule is CC1=C(C)C(C)[C]([Ti+2][C]2=C(C)C(C)=C(C)C2C)=C1C.[H-].[H-]. The average molecular weight is 292 g/mol. The van der Waals surface area contributed by atoms with Gasteiger partial charge in [0.25, 0.3) is 0 Å². The van der Waals surface area contributed by atoms with Crippen molar-refractivity contribution in [1.82, 2.24) is 0 Å². The summed E-state index contributed by atoms with van der Waals surface area (Å²) in [6, 6.07) is 0. The van der Waals surface area contributed by atoms with Gasteiger partial charge in [-0.05, 0) is 0 Å². The molecule has 0 nitrogen and oxygen atoms in total. The van der Waals surface area contributed by atoms with Crippen LogP contribution >= 0.6 is 0 Å². The summed E-state index contributed by atoms with van der Waals surface area (Å²) in [5, 5.41) is 0. The van der Waals surface area contributed by atoms with E-state index in [9.17, 15) is 0 Å². The molecular weight excluding hydrogens is 264 g/mol. The summed E-state index contributed by atoms with van der Waals surface area (Å²) in [7, 11) is 0. The Labute approximate surface area is 130 Å². The van der Waals surface area contributed by atoms with E-state index in [-0.39, 0.29) is 22.0 Å². The predicted octanol–water partition coefficient (Wildman–Crippen LogP) is 5.81. The zero-order chi connectivity index (χ0) is 14.5. The third-order valence-electron chi connectivity index (χ3n) is 5.55. The molecule has 0 heterocycles. The van der Waals surface area contributed by atoms with Crippen LogP contribution in [0.25, 0.3) is 0 Å².